The highest BCUT2D eigenvalue weighted by Gasteiger charge is 2.33. The summed E-state index contributed by atoms with van der Waals surface area (Å²) in [5.74, 6) is -0.733. The molecule has 0 amide bonds. The monoisotopic (exact) mass is 505 g/mol. The molecule has 1 saturated heterocycles. The fourth-order valence-electron chi connectivity index (χ4n) is 4.78. The number of hydrogen-bond donors (Lipinski definition) is 0. The van der Waals surface area contributed by atoms with Crippen molar-refractivity contribution in [2.75, 3.05) is 20.2 Å². The molecule has 3 aromatic carbocycles. The average Bonchev–Trinajstić information content (AvgIpc) is 2.88. The number of esters is 1. The molecule has 0 aromatic heterocycles. The zero-order valence-corrected chi connectivity index (χ0v) is 21.9. The molecule has 36 heavy (non-hydrogen) atoms. The molecule has 3 aromatic rings. The Morgan fingerprint density at radius 2 is 1.42 bits per heavy atom. The number of ether oxygens (including phenoxy) is 1. The van der Waals surface area contributed by atoms with Crippen molar-refractivity contribution in [3.8, 4) is 0 Å². The van der Waals surface area contributed by atoms with Crippen molar-refractivity contribution in [1.29, 1.82) is 0 Å². The second-order valence-corrected chi connectivity index (χ2v) is 11.4. The van der Waals surface area contributed by atoms with Gasteiger partial charge in [0.2, 0.25) is 10.0 Å². The Balaban J connectivity index is 1.46. The molecule has 6 nitrogen and oxygen atoms in total. The number of carbonyl (C=O) groups is 2. The Hall–Kier alpha value is -3.29. The zero-order chi connectivity index (χ0) is 26.2. The molecule has 0 saturated carbocycles. The Morgan fingerprint density at radius 1 is 0.861 bits per heavy atom. The van der Waals surface area contributed by atoms with Gasteiger partial charge < -0.3 is 4.74 Å². The fourth-order valence-corrected chi connectivity index (χ4v) is 6.54. The minimum atomic E-state index is -3.62. The molecule has 1 heterocycles. The summed E-state index contributed by atoms with van der Waals surface area (Å²) in [5.41, 5.74) is 4.34. The predicted octanol–water partition coefficient (Wildman–Crippen LogP) is 5.23. The predicted molar refractivity (Wildman–Crippen MR) is 141 cm³/mol. The Bertz CT molecular complexity index is 1480. The number of methoxy groups -OCH3 is 1. The number of sulfonamides is 1. The highest BCUT2D eigenvalue weighted by atomic mass is 32.2. The first-order valence-corrected chi connectivity index (χ1v) is 13.4. The van der Waals surface area contributed by atoms with Gasteiger partial charge in [-0.15, -0.1) is 0 Å². The van der Waals surface area contributed by atoms with Crippen LogP contribution >= 0.6 is 0 Å². The summed E-state index contributed by atoms with van der Waals surface area (Å²) in [5, 5.41) is 1.75. The number of fused-ring (bicyclic) bond motifs is 1. The Labute approximate surface area is 212 Å². The van der Waals surface area contributed by atoms with Gasteiger partial charge in [0.25, 0.3) is 0 Å². The summed E-state index contributed by atoms with van der Waals surface area (Å²) in [6.45, 7) is 10.4. The smallest absolute Gasteiger partial charge is 0.337 e. The highest BCUT2D eigenvalue weighted by Crippen LogP contribution is 2.31. The topological polar surface area (TPSA) is 80.8 Å². The van der Waals surface area contributed by atoms with Gasteiger partial charge in [-0.2, -0.15) is 4.31 Å². The third kappa shape index (κ3) is 4.86. The summed E-state index contributed by atoms with van der Waals surface area (Å²) in [6.07, 6.45) is 0.911. The van der Waals surface area contributed by atoms with Crippen molar-refractivity contribution in [2.24, 2.45) is 5.92 Å². The lowest BCUT2D eigenvalue weighted by atomic mass is 9.87. The summed E-state index contributed by atoms with van der Waals surface area (Å²) >= 11 is 0. The van der Waals surface area contributed by atoms with E-state index >= 15 is 0 Å². The van der Waals surface area contributed by atoms with Crippen LogP contribution < -0.4 is 0 Å². The number of ketones is 1. The van der Waals surface area contributed by atoms with Crippen LogP contribution in [0.4, 0.5) is 0 Å². The second-order valence-electron chi connectivity index (χ2n) is 9.49. The van der Waals surface area contributed by atoms with Crippen molar-refractivity contribution in [3.63, 3.8) is 0 Å². The highest BCUT2D eigenvalue weighted by molar-refractivity contribution is 7.89. The van der Waals surface area contributed by atoms with Crippen LogP contribution in [0.15, 0.2) is 60.0 Å². The summed E-state index contributed by atoms with van der Waals surface area (Å²) in [6, 6.07) is 14.5. The average molecular weight is 506 g/mol. The first-order valence-electron chi connectivity index (χ1n) is 12.0. The maximum Gasteiger partial charge on any atom is 0.337 e. The van der Waals surface area contributed by atoms with Crippen molar-refractivity contribution in [2.45, 2.75) is 38.5 Å². The van der Waals surface area contributed by atoms with E-state index in [1.165, 1.54) is 11.4 Å². The number of hydrogen-bond acceptors (Lipinski definition) is 5. The molecule has 0 aliphatic carbocycles. The SMILES string of the molecule is C=C(C(=O)C1CCN(S(=O)(=O)c2cc(C)c(C)cc2C)CC1)c1ccc2cc(C(=O)OC)ccc2c1. The van der Waals surface area contributed by atoms with Crippen LogP contribution in [0.2, 0.25) is 0 Å². The third-order valence-corrected chi connectivity index (χ3v) is 9.18. The van der Waals surface area contributed by atoms with Crippen LogP contribution in [0, 0.1) is 26.7 Å². The fraction of sp³-hybridized carbons (Fsp3) is 0.310. The largest absolute Gasteiger partial charge is 0.465 e. The number of Topliss-reactive ketones (excluding diaryl/α,β-unsaturated/α-hetero) is 1. The first kappa shape index (κ1) is 25.8. The number of rotatable bonds is 6. The molecule has 0 atom stereocenters. The molecular weight excluding hydrogens is 474 g/mol. The molecule has 0 radical (unpaired) electrons. The quantitative estimate of drug-likeness (QED) is 0.338. The first-order chi connectivity index (χ1) is 17.0. The number of aryl methyl sites for hydroxylation is 3. The lowest BCUT2D eigenvalue weighted by molar-refractivity contribution is -0.118. The molecule has 0 spiro atoms. The van der Waals surface area contributed by atoms with E-state index in [9.17, 15) is 18.0 Å². The van der Waals surface area contributed by atoms with Crippen molar-refractivity contribution >= 4 is 38.1 Å². The maximum atomic E-state index is 13.3. The molecule has 1 fully saturated rings. The van der Waals surface area contributed by atoms with E-state index in [-0.39, 0.29) is 11.7 Å². The molecular formula is C29H31NO5S. The van der Waals surface area contributed by atoms with Gasteiger partial charge >= 0.3 is 5.97 Å². The molecule has 0 bridgehead atoms. The van der Waals surface area contributed by atoms with Crippen molar-refractivity contribution in [1.82, 2.24) is 4.31 Å². The minimum Gasteiger partial charge on any atom is -0.465 e. The summed E-state index contributed by atoms with van der Waals surface area (Å²) in [7, 11) is -2.28. The molecule has 0 unspecified atom stereocenters. The van der Waals surface area contributed by atoms with Gasteiger partial charge in [0, 0.05) is 24.6 Å². The lowest BCUT2D eigenvalue weighted by Crippen LogP contribution is -2.40. The van der Waals surface area contributed by atoms with Crippen molar-refractivity contribution in [3.05, 3.63) is 82.9 Å². The molecule has 1 aliphatic rings. The van der Waals surface area contributed by atoms with Crippen LogP contribution in [-0.2, 0) is 19.6 Å². The van der Waals surface area contributed by atoms with Gasteiger partial charge in [-0.3, -0.25) is 4.79 Å². The van der Waals surface area contributed by atoms with Gasteiger partial charge in [0.1, 0.15) is 0 Å². The van der Waals surface area contributed by atoms with E-state index in [4.69, 9.17) is 4.74 Å². The second kappa shape index (κ2) is 9.99. The van der Waals surface area contributed by atoms with E-state index in [0.29, 0.717) is 42.0 Å². The number of benzene rings is 3. The van der Waals surface area contributed by atoms with Crippen LogP contribution in [0.5, 0.6) is 0 Å². The number of piperidine rings is 1. The van der Waals surface area contributed by atoms with Crippen LogP contribution in [0.3, 0.4) is 0 Å². The van der Waals surface area contributed by atoms with Gasteiger partial charge in [0.15, 0.2) is 5.78 Å². The number of nitrogens with zero attached hydrogens (tertiary/aromatic N) is 1. The Kier molecular flexibility index (Phi) is 7.16. The number of allylic oxidation sites excluding steroid dienone is 1. The Morgan fingerprint density at radius 3 is 2.03 bits per heavy atom. The van der Waals surface area contributed by atoms with E-state index in [0.717, 1.165) is 33.0 Å². The van der Waals surface area contributed by atoms with Gasteiger partial charge in [-0.25, -0.2) is 13.2 Å². The normalized spacial score (nSPS) is 15.1. The van der Waals surface area contributed by atoms with Crippen LogP contribution in [-0.4, -0.2) is 44.7 Å². The molecule has 4 rings (SSSR count). The van der Waals surface area contributed by atoms with E-state index < -0.39 is 16.0 Å². The molecule has 7 heteroatoms. The summed E-state index contributed by atoms with van der Waals surface area (Å²) in [4.78, 5) is 25.4. The van der Waals surface area contributed by atoms with Crippen LogP contribution in [0.25, 0.3) is 16.3 Å². The third-order valence-electron chi connectivity index (χ3n) is 7.14. The van der Waals surface area contributed by atoms with Gasteiger partial charge in [0.05, 0.1) is 17.6 Å². The standard InChI is InChI=1S/C29H31NO5S/c1-18-14-20(3)27(15-19(18)2)36(33,34)30-12-10-22(11-13-30)28(31)21(4)23-6-7-25-17-26(29(32)35-5)9-8-24(25)16-23/h6-9,14-17,22H,4,10-13H2,1-3,5H3. The van der Waals surface area contributed by atoms with Crippen LogP contribution in [0.1, 0.15) is 45.5 Å². The van der Waals surface area contributed by atoms with E-state index in [2.05, 4.69) is 6.58 Å². The van der Waals surface area contributed by atoms with E-state index in [1.54, 1.807) is 18.2 Å². The van der Waals surface area contributed by atoms with Gasteiger partial charge in [-0.05, 0) is 90.9 Å². The minimum absolute atomic E-state index is 0.0556. The maximum absolute atomic E-state index is 13.3. The number of carbonyl (C=O) groups excluding carboxylic acids is 2. The molecule has 188 valence electrons. The summed E-state index contributed by atoms with van der Waals surface area (Å²) < 4.78 is 32.9. The van der Waals surface area contributed by atoms with E-state index in [1.807, 2.05) is 51.1 Å². The van der Waals surface area contributed by atoms with Gasteiger partial charge in [-0.1, -0.05) is 30.8 Å². The molecule has 0 N–H and O–H groups in total. The molecule has 1 aliphatic heterocycles. The zero-order valence-electron chi connectivity index (χ0n) is 21.1. The lowest BCUT2D eigenvalue weighted by Gasteiger charge is -2.31. The van der Waals surface area contributed by atoms with Crippen molar-refractivity contribution < 1.29 is 22.7 Å².